The number of nitriles is 1. The molecule has 0 fully saturated rings. The van der Waals surface area contributed by atoms with Gasteiger partial charge in [0.15, 0.2) is 0 Å². The molecular weight excluding hydrogens is 304 g/mol. The zero-order valence-electron chi connectivity index (χ0n) is 13.6. The van der Waals surface area contributed by atoms with Crippen LogP contribution in [0.4, 0.5) is 5.69 Å². The zero-order chi connectivity index (χ0) is 16.5. The molecule has 1 aromatic carbocycles. The number of hydrogen-bond donors (Lipinski definition) is 0. The number of hydrogen-bond acceptors (Lipinski definition) is 5. The molecule has 0 aliphatic rings. The molecule has 4 nitrogen and oxygen atoms in total. The van der Waals surface area contributed by atoms with Gasteiger partial charge in [-0.3, -0.25) is 4.99 Å². The first-order valence-corrected chi connectivity index (χ1v) is 8.74. The molecule has 5 heteroatoms. The van der Waals surface area contributed by atoms with Crippen LogP contribution >= 0.6 is 11.3 Å². The summed E-state index contributed by atoms with van der Waals surface area (Å²) in [5, 5.41) is 12.0. The summed E-state index contributed by atoms with van der Waals surface area (Å²) in [6.07, 6.45) is 2.70. The van der Waals surface area contributed by atoms with E-state index >= 15 is 0 Å². The zero-order valence-corrected chi connectivity index (χ0v) is 14.5. The van der Waals surface area contributed by atoms with Crippen molar-refractivity contribution in [1.29, 1.82) is 5.26 Å². The van der Waals surface area contributed by atoms with Crippen molar-refractivity contribution in [1.82, 2.24) is 4.98 Å². The van der Waals surface area contributed by atoms with E-state index in [1.807, 2.05) is 18.4 Å². The topological polar surface area (TPSA) is 52.3 Å². The van der Waals surface area contributed by atoms with Crippen LogP contribution in [-0.4, -0.2) is 30.8 Å². The van der Waals surface area contributed by atoms with E-state index in [1.54, 1.807) is 6.21 Å². The van der Waals surface area contributed by atoms with Gasteiger partial charge in [0.1, 0.15) is 10.9 Å². The predicted octanol–water partition coefficient (Wildman–Crippen LogP) is 4.05. The molecule has 120 valence electrons. The highest BCUT2D eigenvalue weighted by atomic mass is 32.1. The number of nitrogens with zero attached hydrogens (tertiary/aromatic N) is 4. The number of rotatable bonds is 8. The number of para-hydroxylation sites is 1. The standard InChI is InChI=1S/C18H22N4S/c1-3-22(17-8-5-4-6-9-17)11-7-10-20-13-16(12-19)18-21-15(2)14-23-18/h4-6,8-9,13-14,16H,3,7,10-11H2,1-2H3. The Morgan fingerprint density at radius 1 is 1.39 bits per heavy atom. The van der Waals surface area contributed by atoms with E-state index in [-0.39, 0.29) is 5.92 Å². The maximum atomic E-state index is 9.24. The van der Waals surface area contributed by atoms with Crippen molar-refractivity contribution in [3.05, 3.63) is 46.4 Å². The minimum Gasteiger partial charge on any atom is -0.372 e. The number of aliphatic imine (C=N–C) groups is 1. The third-order valence-corrected chi connectivity index (χ3v) is 4.56. The predicted molar refractivity (Wildman–Crippen MR) is 97.5 cm³/mol. The normalized spacial score (nSPS) is 12.2. The molecule has 1 unspecified atom stereocenters. The first kappa shape index (κ1) is 17.2. The fourth-order valence-electron chi connectivity index (χ4n) is 2.31. The van der Waals surface area contributed by atoms with Gasteiger partial charge in [-0.25, -0.2) is 4.98 Å². The highest BCUT2D eigenvalue weighted by molar-refractivity contribution is 7.09. The van der Waals surface area contributed by atoms with Gasteiger partial charge in [0.05, 0.1) is 6.07 Å². The molecule has 23 heavy (non-hydrogen) atoms. The summed E-state index contributed by atoms with van der Waals surface area (Å²) in [6.45, 7) is 6.77. The van der Waals surface area contributed by atoms with Gasteiger partial charge in [-0.1, -0.05) is 18.2 Å². The SMILES string of the molecule is CCN(CCCN=CC(C#N)c1nc(C)cs1)c1ccccc1. The fourth-order valence-corrected chi connectivity index (χ4v) is 3.11. The third kappa shape index (κ3) is 5.19. The van der Waals surface area contributed by atoms with Crippen molar-refractivity contribution >= 4 is 23.2 Å². The highest BCUT2D eigenvalue weighted by Crippen LogP contribution is 2.18. The molecule has 0 N–H and O–H groups in total. The van der Waals surface area contributed by atoms with Crippen LogP contribution < -0.4 is 4.90 Å². The minimum atomic E-state index is -0.329. The van der Waals surface area contributed by atoms with Gasteiger partial charge < -0.3 is 4.90 Å². The van der Waals surface area contributed by atoms with E-state index in [0.717, 1.165) is 36.8 Å². The van der Waals surface area contributed by atoms with Crippen LogP contribution in [-0.2, 0) is 0 Å². The molecular formula is C18H22N4S. The van der Waals surface area contributed by atoms with Crippen LogP contribution in [0.15, 0.2) is 40.7 Å². The average molecular weight is 326 g/mol. The van der Waals surface area contributed by atoms with Gasteiger partial charge in [0, 0.05) is 42.6 Å². The smallest absolute Gasteiger partial charge is 0.133 e. The molecule has 1 atom stereocenters. The van der Waals surface area contributed by atoms with Gasteiger partial charge in [0.2, 0.25) is 0 Å². The molecule has 2 rings (SSSR count). The Morgan fingerprint density at radius 2 is 2.17 bits per heavy atom. The lowest BCUT2D eigenvalue weighted by atomic mass is 10.2. The lowest BCUT2D eigenvalue weighted by Gasteiger charge is -2.22. The maximum Gasteiger partial charge on any atom is 0.133 e. The summed E-state index contributed by atoms with van der Waals surface area (Å²) in [5.41, 5.74) is 2.20. The number of benzene rings is 1. The van der Waals surface area contributed by atoms with E-state index in [0.29, 0.717) is 0 Å². The van der Waals surface area contributed by atoms with Crippen molar-refractivity contribution in [2.75, 3.05) is 24.5 Å². The van der Waals surface area contributed by atoms with E-state index < -0.39 is 0 Å². The molecule has 1 heterocycles. The Hall–Kier alpha value is -2.19. The van der Waals surface area contributed by atoms with Crippen LogP contribution in [0.1, 0.15) is 30.0 Å². The van der Waals surface area contributed by atoms with E-state index in [2.05, 4.69) is 52.1 Å². The monoisotopic (exact) mass is 326 g/mol. The van der Waals surface area contributed by atoms with Gasteiger partial charge >= 0.3 is 0 Å². The molecule has 0 saturated heterocycles. The van der Waals surface area contributed by atoms with Gasteiger partial charge in [-0.2, -0.15) is 5.26 Å². The van der Waals surface area contributed by atoms with Crippen molar-refractivity contribution in [3.8, 4) is 6.07 Å². The summed E-state index contributed by atoms with van der Waals surface area (Å²) in [7, 11) is 0. The summed E-state index contributed by atoms with van der Waals surface area (Å²) in [4.78, 5) is 11.1. The van der Waals surface area contributed by atoms with Crippen LogP contribution in [0.2, 0.25) is 0 Å². The molecule has 0 amide bonds. The lowest BCUT2D eigenvalue weighted by molar-refractivity contribution is 0.755. The van der Waals surface area contributed by atoms with E-state index in [4.69, 9.17) is 0 Å². The molecule has 0 aliphatic heterocycles. The summed E-state index contributed by atoms with van der Waals surface area (Å²) in [5.74, 6) is -0.329. The summed E-state index contributed by atoms with van der Waals surface area (Å²) in [6, 6.07) is 12.7. The molecule has 1 aromatic heterocycles. The van der Waals surface area contributed by atoms with Crippen LogP contribution in [0.25, 0.3) is 0 Å². The summed E-state index contributed by atoms with van der Waals surface area (Å²) >= 11 is 1.52. The Morgan fingerprint density at radius 3 is 2.78 bits per heavy atom. The first-order valence-electron chi connectivity index (χ1n) is 7.86. The van der Waals surface area contributed by atoms with Crippen LogP contribution in [0.3, 0.4) is 0 Å². The molecule has 0 aliphatic carbocycles. The minimum absolute atomic E-state index is 0.329. The first-order chi connectivity index (χ1) is 11.2. The van der Waals surface area contributed by atoms with Gasteiger partial charge in [0.25, 0.3) is 0 Å². The van der Waals surface area contributed by atoms with Crippen molar-refractivity contribution in [2.24, 2.45) is 4.99 Å². The number of aryl methyl sites for hydroxylation is 1. The largest absolute Gasteiger partial charge is 0.372 e. The summed E-state index contributed by atoms with van der Waals surface area (Å²) < 4.78 is 0. The van der Waals surface area contributed by atoms with Gasteiger partial charge in [-0.15, -0.1) is 11.3 Å². The molecule has 0 bridgehead atoms. The molecule has 0 saturated carbocycles. The second kappa shape index (κ2) is 9.06. The number of anilines is 1. The van der Waals surface area contributed by atoms with Crippen LogP contribution in [0, 0.1) is 18.3 Å². The lowest BCUT2D eigenvalue weighted by Crippen LogP contribution is -2.24. The van der Waals surface area contributed by atoms with Crippen LogP contribution in [0.5, 0.6) is 0 Å². The molecule has 0 radical (unpaired) electrons. The third-order valence-electron chi connectivity index (χ3n) is 3.51. The Labute approximate surface area is 142 Å². The number of thiazole rings is 1. The Bertz CT molecular complexity index is 657. The fraction of sp³-hybridized carbons (Fsp3) is 0.389. The second-order valence-corrected chi connectivity index (χ2v) is 6.15. The molecule has 2 aromatic rings. The van der Waals surface area contributed by atoms with Crippen molar-refractivity contribution in [3.63, 3.8) is 0 Å². The Kier molecular flexibility index (Phi) is 6.76. The van der Waals surface area contributed by atoms with E-state index in [1.165, 1.54) is 17.0 Å². The Balaban J connectivity index is 1.81. The molecule has 0 spiro atoms. The van der Waals surface area contributed by atoms with Crippen molar-refractivity contribution < 1.29 is 0 Å². The van der Waals surface area contributed by atoms with Crippen molar-refractivity contribution in [2.45, 2.75) is 26.2 Å². The average Bonchev–Trinajstić information content (AvgIpc) is 3.01. The quantitative estimate of drug-likeness (QED) is 0.543. The van der Waals surface area contributed by atoms with Gasteiger partial charge in [-0.05, 0) is 32.4 Å². The number of aromatic nitrogens is 1. The second-order valence-electron chi connectivity index (χ2n) is 5.26. The van der Waals surface area contributed by atoms with E-state index in [9.17, 15) is 5.26 Å². The highest BCUT2D eigenvalue weighted by Gasteiger charge is 2.11. The maximum absolute atomic E-state index is 9.24.